The van der Waals surface area contributed by atoms with Crippen molar-refractivity contribution in [1.82, 2.24) is 15.1 Å². The lowest BCUT2D eigenvalue weighted by Crippen LogP contribution is -2.42. The van der Waals surface area contributed by atoms with Crippen molar-refractivity contribution < 1.29 is 23.6 Å². The minimum absolute atomic E-state index is 0.144. The standard InChI is InChI=1S/C20H20FN3O4S/c1-2-3-10-23-18(26)19(27)24(20(23)28)12-16(25)22-17(15-5-4-11-29-15)13-6-8-14(21)9-7-13/h4-9,11,17H,2-3,10,12H2,1H3,(H,22,25)/t17-/m0/s1. The van der Waals surface area contributed by atoms with E-state index in [-0.39, 0.29) is 6.54 Å². The minimum Gasteiger partial charge on any atom is -0.343 e. The SMILES string of the molecule is CCCCN1C(=O)C(=O)N(CC(=O)N[C@@H](c2ccc(F)cc2)c2cccs2)C1=O. The molecule has 1 aliphatic heterocycles. The average molecular weight is 417 g/mol. The number of rotatable bonds is 8. The van der Waals surface area contributed by atoms with Gasteiger partial charge in [0.2, 0.25) is 5.91 Å². The molecule has 0 bridgehead atoms. The normalized spacial score (nSPS) is 15.2. The lowest BCUT2D eigenvalue weighted by atomic mass is 10.1. The van der Waals surface area contributed by atoms with Crippen LogP contribution in [0.25, 0.3) is 0 Å². The second kappa shape index (κ2) is 8.95. The number of carbonyl (C=O) groups is 4. The van der Waals surface area contributed by atoms with Crippen LogP contribution >= 0.6 is 11.3 Å². The molecule has 152 valence electrons. The molecule has 0 aliphatic carbocycles. The monoisotopic (exact) mass is 417 g/mol. The largest absolute Gasteiger partial charge is 0.343 e. The summed E-state index contributed by atoms with van der Waals surface area (Å²) in [6.07, 6.45) is 1.34. The molecule has 1 aliphatic rings. The second-order valence-corrected chi connectivity index (χ2v) is 7.53. The molecule has 9 heteroatoms. The average Bonchev–Trinajstić information content (AvgIpc) is 3.30. The van der Waals surface area contributed by atoms with E-state index in [2.05, 4.69) is 5.32 Å². The Morgan fingerprint density at radius 1 is 1.10 bits per heavy atom. The third-order valence-electron chi connectivity index (χ3n) is 4.51. The first-order chi connectivity index (χ1) is 13.9. The van der Waals surface area contributed by atoms with Gasteiger partial charge in [0.15, 0.2) is 0 Å². The van der Waals surface area contributed by atoms with Gasteiger partial charge in [-0.2, -0.15) is 0 Å². The Labute approximate surface area is 171 Å². The van der Waals surface area contributed by atoms with Crippen LogP contribution in [-0.4, -0.2) is 46.6 Å². The summed E-state index contributed by atoms with van der Waals surface area (Å²) in [7, 11) is 0. The fraction of sp³-hybridized carbons (Fsp3) is 0.300. The van der Waals surface area contributed by atoms with Crippen LogP contribution in [0.2, 0.25) is 0 Å². The van der Waals surface area contributed by atoms with Crippen LogP contribution in [0.15, 0.2) is 41.8 Å². The van der Waals surface area contributed by atoms with E-state index in [9.17, 15) is 23.6 Å². The molecule has 7 nitrogen and oxygen atoms in total. The Morgan fingerprint density at radius 2 is 1.79 bits per heavy atom. The van der Waals surface area contributed by atoms with Crippen LogP contribution in [0, 0.1) is 5.82 Å². The third-order valence-corrected chi connectivity index (χ3v) is 5.45. The minimum atomic E-state index is -1.00. The Kier molecular flexibility index (Phi) is 6.38. The summed E-state index contributed by atoms with van der Waals surface area (Å²) < 4.78 is 13.3. The molecule has 1 saturated heterocycles. The van der Waals surface area contributed by atoms with Gasteiger partial charge in [0.1, 0.15) is 12.4 Å². The zero-order chi connectivity index (χ0) is 21.0. The van der Waals surface area contributed by atoms with Crippen LogP contribution in [0.3, 0.4) is 0 Å². The first-order valence-electron chi connectivity index (χ1n) is 9.18. The first kappa shape index (κ1) is 20.7. The summed E-state index contributed by atoms with van der Waals surface area (Å²) in [5.41, 5.74) is 0.655. The molecular formula is C20H20FN3O4S. The van der Waals surface area contributed by atoms with E-state index in [1.165, 1.54) is 23.5 Å². The van der Waals surface area contributed by atoms with Gasteiger partial charge in [0.25, 0.3) is 0 Å². The molecule has 2 aromatic rings. The van der Waals surface area contributed by atoms with Crippen molar-refractivity contribution in [1.29, 1.82) is 0 Å². The summed E-state index contributed by atoms with van der Waals surface area (Å²) in [5.74, 6) is -2.91. The Balaban J connectivity index is 1.74. The number of hydrogen-bond donors (Lipinski definition) is 1. The molecule has 29 heavy (non-hydrogen) atoms. The number of nitrogens with zero attached hydrogens (tertiary/aromatic N) is 2. The predicted molar refractivity (Wildman–Crippen MR) is 104 cm³/mol. The van der Waals surface area contributed by atoms with E-state index in [0.29, 0.717) is 16.9 Å². The van der Waals surface area contributed by atoms with E-state index in [4.69, 9.17) is 0 Å². The fourth-order valence-corrected chi connectivity index (χ4v) is 3.79. The van der Waals surface area contributed by atoms with Crippen LogP contribution in [-0.2, 0) is 14.4 Å². The summed E-state index contributed by atoms with van der Waals surface area (Å²) in [4.78, 5) is 51.5. The summed E-state index contributed by atoms with van der Waals surface area (Å²) in [6.45, 7) is 1.48. The van der Waals surface area contributed by atoms with Gasteiger partial charge in [-0.1, -0.05) is 31.5 Å². The van der Waals surface area contributed by atoms with Gasteiger partial charge in [-0.15, -0.1) is 11.3 Å². The number of thiophene rings is 1. The number of amides is 5. The van der Waals surface area contributed by atoms with Crippen molar-refractivity contribution in [3.63, 3.8) is 0 Å². The van der Waals surface area contributed by atoms with E-state index >= 15 is 0 Å². The molecule has 0 unspecified atom stereocenters. The molecule has 2 heterocycles. The molecule has 1 aromatic carbocycles. The highest BCUT2D eigenvalue weighted by Gasteiger charge is 2.44. The topological polar surface area (TPSA) is 86.8 Å². The van der Waals surface area contributed by atoms with Crippen LogP contribution in [0.1, 0.15) is 36.2 Å². The maximum absolute atomic E-state index is 13.3. The van der Waals surface area contributed by atoms with Crippen LogP contribution < -0.4 is 5.32 Å². The summed E-state index contributed by atoms with van der Waals surface area (Å²) >= 11 is 1.41. The number of halogens is 1. The maximum Gasteiger partial charge on any atom is 0.334 e. The second-order valence-electron chi connectivity index (χ2n) is 6.55. The molecule has 1 N–H and O–H groups in total. The van der Waals surface area contributed by atoms with Gasteiger partial charge in [-0.25, -0.2) is 14.1 Å². The third kappa shape index (κ3) is 4.51. The quantitative estimate of drug-likeness (QED) is 0.529. The molecule has 1 aromatic heterocycles. The molecule has 0 radical (unpaired) electrons. The highest BCUT2D eigenvalue weighted by atomic mass is 32.1. The molecule has 3 rings (SSSR count). The van der Waals surface area contributed by atoms with E-state index < -0.39 is 42.2 Å². The first-order valence-corrected chi connectivity index (χ1v) is 10.1. The van der Waals surface area contributed by atoms with Gasteiger partial charge >= 0.3 is 17.8 Å². The van der Waals surface area contributed by atoms with Crippen molar-refractivity contribution in [2.24, 2.45) is 0 Å². The highest BCUT2D eigenvalue weighted by molar-refractivity contribution is 7.10. The summed E-state index contributed by atoms with van der Waals surface area (Å²) in [5, 5.41) is 4.61. The van der Waals surface area contributed by atoms with Crippen molar-refractivity contribution in [3.05, 3.63) is 58.0 Å². The molecule has 1 fully saturated rings. The van der Waals surface area contributed by atoms with E-state index in [1.54, 1.807) is 12.1 Å². The summed E-state index contributed by atoms with van der Waals surface area (Å²) in [6, 6.07) is 7.99. The smallest absolute Gasteiger partial charge is 0.334 e. The van der Waals surface area contributed by atoms with Gasteiger partial charge in [0, 0.05) is 11.4 Å². The Bertz CT molecular complexity index is 914. The number of hydrogen-bond acceptors (Lipinski definition) is 5. The number of benzene rings is 1. The number of unbranched alkanes of at least 4 members (excludes halogenated alkanes) is 1. The predicted octanol–water partition coefficient (Wildman–Crippen LogP) is 2.68. The lowest BCUT2D eigenvalue weighted by Gasteiger charge is -2.20. The Hall–Kier alpha value is -3.07. The van der Waals surface area contributed by atoms with Crippen molar-refractivity contribution in [3.8, 4) is 0 Å². The van der Waals surface area contributed by atoms with Gasteiger partial charge in [-0.05, 0) is 35.6 Å². The van der Waals surface area contributed by atoms with Crippen molar-refractivity contribution in [2.75, 3.05) is 13.1 Å². The number of urea groups is 1. The molecule has 1 atom stereocenters. The van der Waals surface area contributed by atoms with Crippen LogP contribution in [0.5, 0.6) is 0 Å². The van der Waals surface area contributed by atoms with E-state index in [0.717, 1.165) is 16.2 Å². The Morgan fingerprint density at radius 3 is 2.41 bits per heavy atom. The molecule has 0 spiro atoms. The molecule has 0 saturated carbocycles. The van der Waals surface area contributed by atoms with Crippen molar-refractivity contribution in [2.45, 2.75) is 25.8 Å². The van der Waals surface area contributed by atoms with Gasteiger partial charge < -0.3 is 5.32 Å². The molecule has 5 amide bonds. The van der Waals surface area contributed by atoms with Crippen LogP contribution in [0.4, 0.5) is 9.18 Å². The van der Waals surface area contributed by atoms with Gasteiger partial charge in [0.05, 0.1) is 6.04 Å². The van der Waals surface area contributed by atoms with E-state index in [1.807, 2.05) is 24.4 Å². The zero-order valence-corrected chi connectivity index (χ0v) is 16.6. The van der Waals surface area contributed by atoms with Gasteiger partial charge in [-0.3, -0.25) is 19.3 Å². The zero-order valence-electron chi connectivity index (χ0n) is 15.8. The number of imide groups is 2. The van der Waals surface area contributed by atoms with Crippen molar-refractivity contribution >= 4 is 35.1 Å². The highest BCUT2D eigenvalue weighted by Crippen LogP contribution is 2.26. The lowest BCUT2D eigenvalue weighted by molar-refractivity contribution is -0.144. The number of nitrogens with one attached hydrogen (secondary N) is 1. The fourth-order valence-electron chi connectivity index (χ4n) is 2.98. The molecular weight excluding hydrogens is 397 g/mol. The number of carbonyl (C=O) groups excluding carboxylic acids is 4. The maximum atomic E-state index is 13.3.